The van der Waals surface area contributed by atoms with Crippen LogP contribution in [-0.4, -0.2) is 47.8 Å². The zero-order chi connectivity index (χ0) is 14.8. The Labute approximate surface area is 125 Å². The lowest BCUT2D eigenvalue weighted by atomic mass is 9.84. The van der Waals surface area contributed by atoms with Crippen molar-refractivity contribution in [3.8, 4) is 0 Å². The van der Waals surface area contributed by atoms with Gasteiger partial charge in [0.1, 0.15) is 0 Å². The van der Waals surface area contributed by atoms with Gasteiger partial charge in [0.05, 0.1) is 6.61 Å². The lowest BCUT2D eigenvalue weighted by Gasteiger charge is -2.37. The fourth-order valence-electron chi connectivity index (χ4n) is 4.35. The molecule has 0 aromatic heterocycles. The molecule has 0 amide bonds. The van der Waals surface area contributed by atoms with Gasteiger partial charge in [-0.15, -0.1) is 0 Å². The summed E-state index contributed by atoms with van der Waals surface area (Å²) >= 11 is 0. The van der Waals surface area contributed by atoms with Gasteiger partial charge in [-0.25, -0.2) is 0 Å². The quantitative estimate of drug-likeness (QED) is 0.786. The first-order chi connectivity index (χ1) is 9.47. The van der Waals surface area contributed by atoms with Crippen LogP contribution in [0.5, 0.6) is 0 Å². The minimum absolute atomic E-state index is 0.00881. The van der Waals surface area contributed by atoms with Crippen LogP contribution in [-0.2, 0) is 0 Å². The molecule has 0 spiro atoms. The Morgan fingerprint density at radius 2 is 1.90 bits per heavy atom. The summed E-state index contributed by atoms with van der Waals surface area (Å²) < 4.78 is 0. The molecule has 0 radical (unpaired) electrons. The SMILES string of the molecule is CC(C)NC1(CO)CCCC1CCN1CC(C)C(C)C1. The highest BCUT2D eigenvalue weighted by Crippen LogP contribution is 2.38. The number of rotatable bonds is 6. The predicted molar refractivity (Wildman–Crippen MR) is 84.8 cm³/mol. The second-order valence-electron chi connectivity index (χ2n) is 7.71. The van der Waals surface area contributed by atoms with Crippen LogP contribution in [0.3, 0.4) is 0 Å². The van der Waals surface area contributed by atoms with E-state index < -0.39 is 0 Å². The van der Waals surface area contributed by atoms with Crippen LogP contribution in [0.1, 0.15) is 53.4 Å². The van der Waals surface area contributed by atoms with E-state index in [2.05, 4.69) is 37.9 Å². The molecule has 2 fully saturated rings. The molecular formula is C17H34N2O. The van der Waals surface area contributed by atoms with E-state index in [1.165, 1.54) is 38.9 Å². The molecule has 1 aliphatic carbocycles. The van der Waals surface area contributed by atoms with Crippen LogP contribution in [0.2, 0.25) is 0 Å². The summed E-state index contributed by atoms with van der Waals surface area (Å²) in [6.07, 6.45) is 4.91. The Morgan fingerprint density at radius 1 is 1.25 bits per heavy atom. The van der Waals surface area contributed by atoms with Crippen LogP contribution < -0.4 is 5.32 Å². The maximum absolute atomic E-state index is 9.94. The number of hydrogen-bond acceptors (Lipinski definition) is 3. The molecule has 1 saturated heterocycles. The summed E-state index contributed by atoms with van der Waals surface area (Å²) in [7, 11) is 0. The van der Waals surface area contributed by atoms with Crippen molar-refractivity contribution < 1.29 is 5.11 Å². The van der Waals surface area contributed by atoms with Gasteiger partial charge in [0.2, 0.25) is 0 Å². The monoisotopic (exact) mass is 282 g/mol. The van der Waals surface area contributed by atoms with Gasteiger partial charge >= 0.3 is 0 Å². The number of hydrogen-bond donors (Lipinski definition) is 2. The van der Waals surface area contributed by atoms with Crippen molar-refractivity contribution >= 4 is 0 Å². The molecule has 4 unspecified atom stereocenters. The highest BCUT2D eigenvalue weighted by molar-refractivity contribution is 5.00. The molecular weight excluding hydrogens is 248 g/mol. The fourth-order valence-corrected chi connectivity index (χ4v) is 4.35. The van der Waals surface area contributed by atoms with E-state index in [-0.39, 0.29) is 5.54 Å². The van der Waals surface area contributed by atoms with Crippen molar-refractivity contribution in [2.45, 2.75) is 65.0 Å². The molecule has 20 heavy (non-hydrogen) atoms. The molecule has 3 nitrogen and oxygen atoms in total. The number of nitrogens with zero attached hydrogens (tertiary/aromatic N) is 1. The first kappa shape index (κ1) is 16.3. The summed E-state index contributed by atoms with van der Waals surface area (Å²) in [5, 5.41) is 13.6. The second-order valence-corrected chi connectivity index (χ2v) is 7.71. The van der Waals surface area contributed by atoms with Gasteiger partial charge in [0, 0.05) is 24.7 Å². The van der Waals surface area contributed by atoms with E-state index in [1.807, 2.05) is 0 Å². The third kappa shape index (κ3) is 3.55. The first-order valence-electron chi connectivity index (χ1n) is 8.58. The molecule has 1 aliphatic heterocycles. The van der Waals surface area contributed by atoms with Crippen LogP contribution >= 0.6 is 0 Å². The number of likely N-dealkylation sites (tertiary alicyclic amines) is 1. The smallest absolute Gasteiger partial charge is 0.0616 e. The second kappa shape index (κ2) is 6.76. The van der Waals surface area contributed by atoms with Gasteiger partial charge in [0.25, 0.3) is 0 Å². The normalized spacial score (nSPS) is 39.0. The molecule has 118 valence electrons. The third-order valence-corrected chi connectivity index (χ3v) is 5.67. The average Bonchev–Trinajstić information content (AvgIpc) is 2.91. The minimum atomic E-state index is -0.00881. The Bertz CT molecular complexity index is 297. The number of aliphatic hydroxyl groups is 1. The Kier molecular flexibility index (Phi) is 5.49. The van der Waals surface area contributed by atoms with E-state index in [1.54, 1.807) is 0 Å². The largest absolute Gasteiger partial charge is 0.394 e. The third-order valence-electron chi connectivity index (χ3n) is 5.67. The van der Waals surface area contributed by atoms with Crippen molar-refractivity contribution in [3.63, 3.8) is 0 Å². The first-order valence-corrected chi connectivity index (χ1v) is 8.58. The molecule has 0 aromatic rings. The number of aliphatic hydroxyl groups excluding tert-OH is 1. The van der Waals surface area contributed by atoms with Crippen molar-refractivity contribution in [3.05, 3.63) is 0 Å². The summed E-state index contributed by atoms with van der Waals surface area (Å²) in [5.41, 5.74) is -0.00881. The molecule has 0 aromatic carbocycles. The molecule has 2 N–H and O–H groups in total. The van der Waals surface area contributed by atoms with E-state index in [0.29, 0.717) is 18.6 Å². The maximum atomic E-state index is 9.94. The van der Waals surface area contributed by atoms with Gasteiger partial charge in [-0.1, -0.05) is 34.1 Å². The average molecular weight is 282 g/mol. The van der Waals surface area contributed by atoms with Gasteiger partial charge < -0.3 is 15.3 Å². The summed E-state index contributed by atoms with van der Waals surface area (Å²) in [5.74, 6) is 2.33. The molecule has 2 aliphatic rings. The maximum Gasteiger partial charge on any atom is 0.0616 e. The van der Waals surface area contributed by atoms with Crippen molar-refractivity contribution in [1.29, 1.82) is 0 Å². The molecule has 2 rings (SSSR count). The van der Waals surface area contributed by atoms with Crippen LogP contribution in [0.25, 0.3) is 0 Å². The number of nitrogens with one attached hydrogen (secondary N) is 1. The predicted octanol–water partition coefficient (Wildman–Crippen LogP) is 2.49. The lowest BCUT2D eigenvalue weighted by molar-refractivity contribution is 0.105. The zero-order valence-electron chi connectivity index (χ0n) is 13.9. The Hall–Kier alpha value is -0.120. The van der Waals surface area contributed by atoms with Gasteiger partial charge in [-0.2, -0.15) is 0 Å². The summed E-state index contributed by atoms with van der Waals surface area (Å²) in [4.78, 5) is 2.63. The van der Waals surface area contributed by atoms with E-state index in [9.17, 15) is 5.11 Å². The summed E-state index contributed by atoms with van der Waals surface area (Å²) in [6, 6.07) is 0.453. The summed E-state index contributed by atoms with van der Waals surface area (Å²) in [6.45, 7) is 13.2. The van der Waals surface area contributed by atoms with Crippen LogP contribution in [0.15, 0.2) is 0 Å². The standard InChI is InChI=1S/C17H34N2O/c1-13(2)18-17(12-20)8-5-6-16(17)7-9-19-10-14(3)15(4)11-19/h13-16,18,20H,5-12H2,1-4H3. The van der Waals surface area contributed by atoms with Gasteiger partial charge in [-0.05, 0) is 43.6 Å². The highest BCUT2D eigenvalue weighted by atomic mass is 16.3. The minimum Gasteiger partial charge on any atom is -0.394 e. The Balaban J connectivity index is 1.87. The van der Waals surface area contributed by atoms with Crippen molar-refractivity contribution in [2.24, 2.45) is 17.8 Å². The molecule has 0 bridgehead atoms. The molecule has 4 atom stereocenters. The zero-order valence-corrected chi connectivity index (χ0v) is 13.9. The lowest BCUT2D eigenvalue weighted by Crippen LogP contribution is -2.54. The van der Waals surface area contributed by atoms with Crippen LogP contribution in [0, 0.1) is 17.8 Å². The van der Waals surface area contributed by atoms with Crippen LogP contribution in [0.4, 0.5) is 0 Å². The van der Waals surface area contributed by atoms with E-state index in [4.69, 9.17) is 0 Å². The van der Waals surface area contributed by atoms with Crippen molar-refractivity contribution in [1.82, 2.24) is 10.2 Å². The topological polar surface area (TPSA) is 35.5 Å². The fraction of sp³-hybridized carbons (Fsp3) is 1.00. The van der Waals surface area contributed by atoms with Gasteiger partial charge in [-0.3, -0.25) is 0 Å². The highest BCUT2D eigenvalue weighted by Gasteiger charge is 2.42. The van der Waals surface area contributed by atoms with E-state index in [0.717, 1.165) is 18.3 Å². The Morgan fingerprint density at radius 3 is 2.45 bits per heavy atom. The molecule has 1 saturated carbocycles. The van der Waals surface area contributed by atoms with E-state index >= 15 is 0 Å². The molecule has 1 heterocycles. The van der Waals surface area contributed by atoms with Gasteiger partial charge in [0.15, 0.2) is 0 Å². The molecule has 3 heteroatoms. The van der Waals surface area contributed by atoms with Crippen molar-refractivity contribution in [2.75, 3.05) is 26.2 Å².